The fourth-order valence-corrected chi connectivity index (χ4v) is 4.93. The molecule has 1 aliphatic rings. The predicted octanol–water partition coefficient (Wildman–Crippen LogP) is 6.87. The fraction of sp³-hybridized carbons (Fsp3) is 0.219. The lowest BCUT2D eigenvalue weighted by Crippen LogP contribution is -2.39. The minimum absolute atomic E-state index is 0.479. The van der Waals surface area contributed by atoms with Gasteiger partial charge in [0.05, 0.1) is 17.9 Å². The standard InChI is InChI=1S/C32H32N2O4/c1-2-27(32(35)36)33(22-24-11-4-3-5-12-24)23-25-13-10-14-26(21-25)37-20-19-34-28-15-6-8-17-30(28)38-31-18-9-7-16-29(31)34/h3-18,21,27H,2,19-20,22-23H2,1H3,(H,35,36). The van der Waals surface area contributed by atoms with Crippen LogP contribution in [0.3, 0.4) is 0 Å². The molecule has 0 aromatic heterocycles. The molecule has 0 fully saturated rings. The Kier molecular flexibility index (Phi) is 7.90. The molecule has 6 nitrogen and oxygen atoms in total. The normalized spacial score (nSPS) is 12.8. The van der Waals surface area contributed by atoms with Crippen molar-refractivity contribution in [2.75, 3.05) is 18.1 Å². The topological polar surface area (TPSA) is 62.2 Å². The molecule has 1 N–H and O–H groups in total. The Labute approximate surface area is 223 Å². The maximum absolute atomic E-state index is 12.0. The van der Waals surface area contributed by atoms with Gasteiger partial charge in [-0.05, 0) is 53.9 Å². The van der Waals surface area contributed by atoms with E-state index < -0.39 is 12.0 Å². The van der Waals surface area contributed by atoms with Gasteiger partial charge in [0.15, 0.2) is 11.5 Å². The van der Waals surface area contributed by atoms with E-state index in [-0.39, 0.29) is 0 Å². The molecule has 4 aromatic carbocycles. The van der Waals surface area contributed by atoms with E-state index in [1.54, 1.807) is 0 Å². The van der Waals surface area contributed by atoms with Gasteiger partial charge in [-0.15, -0.1) is 0 Å². The second-order valence-corrected chi connectivity index (χ2v) is 9.34. The van der Waals surface area contributed by atoms with Crippen LogP contribution in [0.1, 0.15) is 24.5 Å². The van der Waals surface area contributed by atoms with Crippen LogP contribution in [0.2, 0.25) is 0 Å². The first-order valence-electron chi connectivity index (χ1n) is 13.0. The van der Waals surface area contributed by atoms with Crippen molar-refractivity contribution in [3.63, 3.8) is 0 Å². The molecule has 38 heavy (non-hydrogen) atoms. The molecule has 0 bridgehead atoms. The first kappa shape index (κ1) is 25.4. The van der Waals surface area contributed by atoms with Crippen molar-refractivity contribution in [1.29, 1.82) is 0 Å². The number of ether oxygens (including phenoxy) is 2. The molecule has 6 heteroatoms. The number of aliphatic carboxylic acids is 1. The second-order valence-electron chi connectivity index (χ2n) is 9.34. The van der Waals surface area contributed by atoms with Gasteiger partial charge in [0, 0.05) is 13.1 Å². The average molecular weight is 509 g/mol. The number of hydrogen-bond acceptors (Lipinski definition) is 5. The van der Waals surface area contributed by atoms with E-state index in [0.717, 1.165) is 39.8 Å². The van der Waals surface area contributed by atoms with Gasteiger partial charge in [0.25, 0.3) is 0 Å². The molecule has 5 rings (SSSR count). The summed E-state index contributed by atoms with van der Waals surface area (Å²) in [5.74, 6) is 1.62. The summed E-state index contributed by atoms with van der Waals surface area (Å²) in [5.41, 5.74) is 4.13. The predicted molar refractivity (Wildman–Crippen MR) is 149 cm³/mol. The third-order valence-corrected chi connectivity index (χ3v) is 6.74. The number of benzene rings is 4. The SMILES string of the molecule is CCC(C(=O)O)N(Cc1ccccc1)Cc1cccc(OCCN2c3ccccc3Oc3ccccc32)c1. The minimum Gasteiger partial charge on any atom is -0.492 e. The molecule has 0 aliphatic carbocycles. The van der Waals surface area contributed by atoms with Crippen molar-refractivity contribution < 1.29 is 19.4 Å². The summed E-state index contributed by atoms with van der Waals surface area (Å²) in [5, 5.41) is 9.85. The largest absolute Gasteiger partial charge is 0.492 e. The lowest BCUT2D eigenvalue weighted by atomic mass is 10.1. The number of nitrogens with zero attached hydrogens (tertiary/aromatic N) is 2. The van der Waals surface area contributed by atoms with Gasteiger partial charge < -0.3 is 19.5 Å². The van der Waals surface area contributed by atoms with Crippen LogP contribution in [-0.2, 0) is 17.9 Å². The third-order valence-electron chi connectivity index (χ3n) is 6.74. The molecular weight excluding hydrogens is 476 g/mol. The maximum Gasteiger partial charge on any atom is 0.320 e. The van der Waals surface area contributed by atoms with Crippen LogP contribution in [0.4, 0.5) is 11.4 Å². The summed E-state index contributed by atoms with van der Waals surface area (Å²) >= 11 is 0. The zero-order valence-electron chi connectivity index (χ0n) is 21.5. The Bertz CT molecular complexity index is 1330. The molecule has 0 spiro atoms. The Morgan fingerprint density at radius 1 is 0.842 bits per heavy atom. The van der Waals surface area contributed by atoms with E-state index in [1.807, 2.05) is 103 Å². The van der Waals surface area contributed by atoms with Crippen molar-refractivity contribution in [2.24, 2.45) is 0 Å². The zero-order valence-corrected chi connectivity index (χ0v) is 21.5. The van der Waals surface area contributed by atoms with E-state index >= 15 is 0 Å². The van der Waals surface area contributed by atoms with E-state index in [2.05, 4.69) is 17.0 Å². The smallest absolute Gasteiger partial charge is 0.320 e. The molecule has 194 valence electrons. The number of carbonyl (C=O) groups is 1. The zero-order chi connectivity index (χ0) is 26.3. The second kappa shape index (κ2) is 11.8. The number of anilines is 2. The molecule has 0 amide bonds. The van der Waals surface area contributed by atoms with E-state index in [0.29, 0.717) is 32.7 Å². The summed E-state index contributed by atoms with van der Waals surface area (Å²) in [6, 6.07) is 33.4. The summed E-state index contributed by atoms with van der Waals surface area (Å²) < 4.78 is 12.3. The third kappa shape index (κ3) is 5.82. The van der Waals surface area contributed by atoms with Gasteiger partial charge in [0.2, 0.25) is 0 Å². The molecule has 4 aromatic rings. The van der Waals surface area contributed by atoms with Gasteiger partial charge in [-0.2, -0.15) is 0 Å². The van der Waals surface area contributed by atoms with Crippen LogP contribution in [0.25, 0.3) is 0 Å². The highest BCUT2D eigenvalue weighted by molar-refractivity contribution is 5.77. The van der Waals surface area contributed by atoms with Crippen molar-refractivity contribution in [3.05, 3.63) is 114 Å². The van der Waals surface area contributed by atoms with Gasteiger partial charge in [-0.3, -0.25) is 9.69 Å². The van der Waals surface area contributed by atoms with Crippen LogP contribution in [0, 0.1) is 0 Å². The van der Waals surface area contributed by atoms with Gasteiger partial charge in [0.1, 0.15) is 18.4 Å². The van der Waals surface area contributed by atoms with Crippen LogP contribution in [0.15, 0.2) is 103 Å². The van der Waals surface area contributed by atoms with Gasteiger partial charge >= 0.3 is 5.97 Å². The minimum atomic E-state index is -0.804. The Morgan fingerprint density at radius 3 is 2.11 bits per heavy atom. The lowest BCUT2D eigenvalue weighted by Gasteiger charge is -2.32. The van der Waals surface area contributed by atoms with Crippen molar-refractivity contribution >= 4 is 17.3 Å². The van der Waals surface area contributed by atoms with Crippen LogP contribution in [-0.4, -0.2) is 35.2 Å². The molecule has 0 radical (unpaired) electrons. The molecule has 1 unspecified atom stereocenters. The van der Waals surface area contributed by atoms with Crippen LogP contribution >= 0.6 is 0 Å². The monoisotopic (exact) mass is 508 g/mol. The quantitative estimate of drug-likeness (QED) is 0.238. The first-order chi connectivity index (χ1) is 18.6. The van der Waals surface area contributed by atoms with Gasteiger partial charge in [-0.25, -0.2) is 0 Å². The number of hydrogen-bond donors (Lipinski definition) is 1. The first-order valence-corrected chi connectivity index (χ1v) is 13.0. The Hall–Kier alpha value is -4.29. The Morgan fingerprint density at radius 2 is 1.45 bits per heavy atom. The number of carboxylic acids is 1. The van der Waals surface area contributed by atoms with Crippen molar-refractivity contribution in [3.8, 4) is 17.2 Å². The highest BCUT2D eigenvalue weighted by Crippen LogP contribution is 2.45. The summed E-state index contributed by atoms with van der Waals surface area (Å²) in [6.45, 7) is 4.12. The Balaban J connectivity index is 1.28. The fourth-order valence-electron chi connectivity index (χ4n) is 4.93. The number of carboxylic acid groups (broad SMARTS) is 1. The number of fused-ring (bicyclic) bond motifs is 2. The summed E-state index contributed by atoms with van der Waals surface area (Å²) in [4.78, 5) is 16.2. The highest BCUT2D eigenvalue weighted by atomic mass is 16.5. The average Bonchev–Trinajstić information content (AvgIpc) is 2.93. The number of para-hydroxylation sites is 4. The van der Waals surface area contributed by atoms with E-state index in [1.165, 1.54) is 0 Å². The van der Waals surface area contributed by atoms with E-state index in [4.69, 9.17) is 9.47 Å². The molecule has 1 aliphatic heterocycles. The highest BCUT2D eigenvalue weighted by Gasteiger charge is 2.25. The van der Waals surface area contributed by atoms with Crippen LogP contribution in [0.5, 0.6) is 17.2 Å². The lowest BCUT2D eigenvalue weighted by molar-refractivity contribution is -0.144. The number of rotatable bonds is 11. The molecule has 1 heterocycles. The summed E-state index contributed by atoms with van der Waals surface area (Å²) in [7, 11) is 0. The summed E-state index contributed by atoms with van der Waals surface area (Å²) in [6.07, 6.45) is 0.529. The molecule has 0 saturated carbocycles. The molecule has 1 atom stereocenters. The molecular formula is C32H32N2O4. The maximum atomic E-state index is 12.0. The van der Waals surface area contributed by atoms with Crippen LogP contribution < -0.4 is 14.4 Å². The van der Waals surface area contributed by atoms with E-state index in [9.17, 15) is 9.90 Å². The van der Waals surface area contributed by atoms with Crippen molar-refractivity contribution in [1.82, 2.24) is 4.90 Å². The van der Waals surface area contributed by atoms with Gasteiger partial charge in [-0.1, -0.05) is 73.7 Å². The van der Waals surface area contributed by atoms with Crippen molar-refractivity contribution in [2.45, 2.75) is 32.5 Å². The molecule has 0 saturated heterocycles.